The van der Waals surface area contributed by atoms with E-state index in [0.717, 1.165) is 5.56 Å². The summed E-state index contributed by atoms with van der Waals surface area (Å²) in [7, 11) is 3.14. The molecule has 2 aromatic rings. The zero-order valence-corrected chi connectivity index (χ0v) is 13.6. The summed E-state index contributed by atoms with van der Waals surface area (Å²) in [4.78, 5) is 16.5. The molecule has 2 atom stereocenters. The number of carbonyl (C=O) groups is 1. The molecule has 1 aromatic heterocycles. The second-order valence-electron chi connectivity index (χ2n) is 5.47. The summed E-state index contributed by atoms with van der Waals surface area (Å²) in [6.07, 6.45) is 4.12. The van der Waals surface area contributed by atoms with Gasteiger partial charge in [0.1, 0.15) is 17.5 Å². The number of carbonyl (C=O) groups excluding carboxylic acids is 1. The zero-order valence-electron chi connectivity index (χ0n) is 13.6. The first-order valence-electron chi connectivity index (χ1n) is 7.65. The highest BCUT2D eigenvalue weighted by molar-refractivity contribution is 5.96. The fraction of sp³-hybridized carbons (Fsp3) is 0.294. The van der Waals surface area contributed by atoms with E-state index in [-0.39, 0.29) is 18.0 Å². The lowest BCUT2D eigenvalue weighted by atomic mass is 10.0. The molecule has 1 amide bonds. The number of ether oxygens (including phenoxy) is 2. The van der Waals surface area contributed by atoms with E-state index in [2.05, 4.69) is 21.2 Å². The molecule has 2 unspecified atom stereocenters. The van der Waals surface area contributed by atoms with Gasteiger partial charge in [-0.15, -0.1) is 0 Å². The SMILES string of the molecule is COc1ccc(OC)c(NC(=O)C2CC(c3ccncc3)NN2)c1. The molecule has 3 rings (SSSR count). The molecule has 7 nitrogen and oxygen atoms in total. The van der Waals surface area contributed by atoms with Crippen LogP contribution in [0.25, 0.3) is 0 Å². The van der Waals surface area contributed by atoms with Crippen LogP contribution >= 0.6 is 0 Å². The molecule has 24 heavy (non-hydrogen) atoms. The first kappa shape index (κ1) is 16.2. The van der Waals surface area contributed by atoms with Gasteiger partial charge in [-0.2, -0.15) is 0 Å². The number of nitrogens with zero attached hydrogens (tertiary/aromatic N) is 1. The fourth-order valence-electron chi connectivity index (χ4n) is 2.67. The molecule has 0 spiro atoms. The quantitative estimate of drug-likeness (QED) is 0.774. The van der Waals surface area contributed by atoms with Gasteiger partial charge >= 0.3 is 0 Å². The molecule has 0 saturated carbocycles. The standard InChI is InChI=1S/C17H20N4O3/c1-23-12-3-4-16(24-2)14(9-12)19-17(22)15-10-13(20-21-15)11-5-7-18-8-6-11/h3-9,13,15,20-21H,10H2,1-2H3,(H,19,22). The number of rotatable bonds is 5. The Morgan fingerprint density at radius 3 is 2.67 bits per heavy atom. The van der Waals surface area contributed by atoms with Crippen LogP contribution in [-0.2, 0) is 4.79 Å². The van der Waals surface area contributed by atoms with Crippen molar-refractivity contribution in [2.45, 2.75) is 18.5 Å². The van der Waals surface area contributed by atoms with Crippen molar-refractivity contribution in [3.8, 4) is 11.5 Å². The molecule has 1 saturated heterocycles. The van der Waals surface area contributed by atoms with E-state index < -0.39 is 0 Å². The van der Waals surface area contributed by atoms with Crippen LogP contribution in [0.4, 0.5) is 5.69 Å². The molecule has 0 radical (unpaired) electrons. The van der Waals surface area contributed by atoms with Crippen LogP contribution < -0.4 is 25.6 Å². The van der Waals surface area contributed by atoms with Crippen LogP contribution in [0.3, 0.4) is 0 Å². The second-order valence-corrected chi connectivity index (χ2v) is 5.47. The van der Waals surface area contributed by atoms with Gasteiger partial charge in [0.25, 0.3) is 0 Å². The number of amides is 1. The Labute approximate surface area is 140 Å². The van der Waals surface area contributed by atoms with Gasteiger partial charge in [-0.25, -0.2) is 10.9 Å². The molecule has 1 aromatic carbocycles. The van der Waals surface area contributed by atoms with E-state index in [0.29, 0.717) is 23.6 Å². The Morgan fingerprint density at radius 2 is 1.96 bits per heavy atom. The number of hydrazine groups is 1. The lowest BCUT2D eigenvalue weighted by Crippen LogP contribution is -2.39. The van der Waals surface area contributed by atoms with Gasteiger partial charge in [0.05, 0.1) is 19.9 Å². The van der Waals surface area contributed by atoms with E-state index >= 15 is 0 Å². The third kappa shape index (κ3) is 3.47. The van der Waals surface area contributed by atoms with Crippen molar-refractivity contribution in [2.24, 2.45) is 0 Å². The van der Waals surface area contributed by atoms with Gasteiger partial charge in [0, 0.05) is 24.5 Å². The van der Waals surface area contributed by atoms with Crippen molar-refractivity contribution in [1.29, 1.82) is 0 Å². The molecular weight excluding hydrogens is 308 g/mol. The minimum Gasteiger partial charge on any atom is -0.497 e. The topological polar surface area (TPSA) is 84.5 Å². The Balaban J connectivity index is 1.68. The molecule has 1 aliphatic heterocycles. The molecule has 0 bridgehead atoms. The van der Waals surface area contributed by atoms with Crippen molar-refractivity contribution >= 4 is 11.6 Å². The fourth-order valence-corrected chi connectivity index (χ4v) is 2.67. The number of benzene rings is 1. The predicted molar refractivity (Wildman–Crippen MR) is 89.8 cm³/mol. The van der Waals surface area contributed by atoms with Crippen LogP contribution in [0, 0.1) is 0 Å². The van der Waals surface area contributed by atoms with E-state index in [1.165, 1.54) is 0 Å². The van der Waals surface area contributed by atoms with E-state index in [9.17, 15) is 4.79 Å². The maximum absolute atomic E-state index is 12.5. The molecule has 0 aliphatic carbocycles. The van der Waals surface area contributed by atoms with Gasteiger partial charge in [-0.1, -0.05) is 0 Å². The zero-order chi connectivity index (χ0) is 16.9. The number of anilines is 1. The summed E-state index contributed by atoms with van der Waals surface area (Å²) in [6, 6.07) is 8.86. The smallest absolute Gasteiger partial charge is 0.243 e. The summed E-state index contributed by atoms with van der Waals surface area (Å²) >= 11 is 0. The summed E-state index contributed by atoms with van der Waals surface area (Å²) < 4.78 is 10.5. The van der Waals surface area contributed by atoms with Crippen LogP contribution in [-0.4, -0.2) is 31.2 Å². The van der Waals surface area contributed by atoms with Crippen molar-refractivity contribution in [3.05, 3.63) is 48.3 Å². The highest BCUT2D eigenvalue weighted by Gasteiger charge is 2.30. The maximum atomic E-state index is 12.5. The average molecular weight is 328 g/mol. The van der Waals surface area contributed by atoms with E-state index in [4.69, 9.17) is 9.47 Å². The number of hydrogen-bond donors (Lipinski definition) is 3. The highest BCUT2D eigenvalue weighted by Crippen LogP contribution is 2.30. The molecule has 3 N–H and O–H groups in total. The minimum absolute atomic E-state index is 0.0657. The van der Waals surface area contributed by atoms with Crippen LogP contribution in [0.1, 0.15) is 18.0 Å². The largest absolute Gasteiger partial charge is 0.497 e. The Morgan fingerprint density at radius 1 is 1.17 bits per heavy atom. The molecule has 2 heterocycles. The summed E-state index contributed by atoms with van der Waals surface area (Å²) in [6.45, 7) is 0. The summed E-state index contributed by atoms with van der Waals surface area (Å²) in [5, 5.41) is 2.89. The van der Waals surface area contributed by atoms with Crippen molar-refractivity contribution < 1.29 is 14.3 Å². The number of hydrogen-bond acceptors (Lipinski definition) is 6. The molecule has 126 valence electrons. The van der Waals surface area contributed by atoms with Crippen LogP contribution in [0.15, 0.2) is 42.7 Å². The lowest BCUT2D eigenvalue weighted by molar-refractivity contribution is -0.117. The highest BCUT2D eigenvalue weighted by atomic mass is 16.5. The molecule has 7 heteroatoms. The summed E-state index contributed by atoms with van der Waals surface area (Å²) in [5.41, 5.74) is 7.85. The Hall–Kier alpha value is -2.64. The lowest BCUT2D eigenvalue weighted by Gasteiger charge is -2.14. The second kappa shape index (κ2) is 7.29. The normalized spacial score (nSPS) is 19.8. The van der Waals surface area contributed by atoms with Crippen molar-refractivity contribution in [3.63, 3.8) is 0 Å². The first-order chi connectivity index (χ1) is 11.7. The van der Waals surface area contributed by atoms with E-state index in [1.54, 1.807) is 44.8 Å². The number of aromatic nitrogens is 1. The maximum Gasteiger partial charge on any atom is 0.243 e. The van der Waals surface area contributed by atoms with E-state index in [1.807, 2.05) is 12.1 Å². The van der Waals surface area contributed by atoms with Gasteiger partial charge in [-0.3, -0.25) is 9.78 Å². The van der Waals surface area contributed by atoms with Gasteiger partial charge in [0.2, 0.25) is 5.91 Å². The Bertz CT molecular complexity index is 708. The van der Waals surface area contributed by atoms with Gasteiger partial charge in [-0.05, 0) is 36.2 Å². The first-order valence-corrected chi connectivity index (χ1v) is 7.65. The average Bonchev–Trinajstić information content (AvgIpc) is 3.12. The van der Waals surface area contributed by atoms with Gasteiger partial charge in [0.15, 0.2) is 0 Å². The summed E-state index contributed by atoms with van der Waals surface area (Å²) in [5.74, 6) is 1.10. The van der Waals surface area contributed by atoms with Crippen LogP contribution in [0.5, 0.6) is 11.5 Å². The van der Waals surface area contributed by atoms with Crippen LogP contribution in [0.2, 0.25) is 0 Å². The number of pyridine rings is 1. The molecule has 1 aliphatic rings. The minimum atomic E-state index is -0.348. The number of nitrogens with one attached hydrogen (secondary N) is 3. The van der Waals surface area contributed by atoms with Crippen molar-refractivity contribution in [1.82, 2.24) is 15.8 Å². The third-order valence-corrected chi connectivity index (χ3v) is 3.99. The number of methoxy groups -OCH3 is 2. The molecule has 1 fully saturated rings. The molecular formula is C17H20N4O3. The van der Waals surface area contributed by atoms with Crippen molar-refractivity contribution in [2.75, 3.05) is 19.5 Å². The Kier molecular flexibility index (Phi) is 4.93. The predicted octanol–water partition coefficient (Wildman–Crippen LogP) is 1.65. The third-order valence-electron chi connectivity index (χ3n) is 3.99. The monoisotopic (exact) mass is 328 g/mol. The van der Waals surface area contributed by atoms with Gasteiger partial charge < -0.3 is 14.8 Å².